The molecule has 0 aromatic rings. The molecule has 0 N–H and O–H groups in total. The molecule has 0 aromatic carbocycles. The summed E-state index contributed by atoms with van der Waals surface area (Å²) in [5, 5.41) is 0. The number of rotatable bonds is 4. The standard InChI is InChI=1S/C7H17O3P/c1-7(2,3)6-10-11(8-4)9-5/h6H2,1-5H3. The minimum Gasteiger partial charge on any atom is -0.316 e. The van der Waals surface area contributed by atoms with Gasteiger partial charge in [0.15, 0.2) is 0 Å². The predicted molar refractivity (Wildman–Crippen MR) is 46.3 cm³/mol. The molecule has 0 aliphatic rings. The van der Waals surface area contributed by atoms with E-state index in [1.54, 1.807) is 14.2 Å². The Balaban J connectivity index is 3.51. The van der Waals surface area contributed by atoms with Crippen LogP contribution in [0, 0.1) is 5.41 Å². The van der Waals surface area contributed by atoms with Gasteiger partial charge in [0.05, 0.1) is 6.61 Å². The van der Waals surface area contributed by atoms with Crippen LogP contribution in [0.1, 0.15) is 20.8 Å². The van der Waals surface area contributed by atoms with Crippen molar-refractivity contribution in [3.05, 3.63) is 0 Å². The van der Waals surface area contributed by atoms with E-state index in [2.05, 4.69) is 20.8 Å². The van der Waals surface area contributed by atoms with Crippen molar-refractivity contribution in [3.8, 4) is 0 Å². The van der Waals surface area contributed by atoms with Crippen molar-refractivity contribution in [2.45, 2.75) is 20.8 Å². The Morgan fingerprint density at radius 2 is 1.55 bits per heavy atom. The average molecular weight is 180 g/mol. The Hall–Kier alpha value is 0.310. The summed E-state index contributed by atoms with van der Waals surface area (Å²) in [7, 11) is 2.04. The van der Waals surface area contributed by atoms with Gasteiger partial charge in [0.25, 0.3) is 0 Å². The van der Waals surface area contributed by atoms with Crippen LogP contribution in [0.15, 0.2) is 0 Å². The molecule has 0 bridgehead atoms. The van der Waals surface area contributed by atoms with Crippen LogP contribution in [-0.4, -0.2) is 20.8 Å². The van der Waals surface area contributed by atoms with Crippen molar-refractivity contribution in [3.63, 3.8) is 0 Å². The summed E-state index contributed by atoms with van der Waals surface area (Å²) in [5.41, 5.74) is 0.164. The maximum absolute atomic E-state index is 5.33. The van der Waals surface area contributed by atoms with E-state index < -0.39 is 8.60 Å². The zero-order valence-electron chi connectivity index (χ0n) is 7.88. The highest BCUT2D eigenvalue weighted by atomic mass is 31.2. The molecule has 0 spiro atoms. The fourth-order valence-corrected chi connectivity index (χ4v) is 1.28. The lowest BCUT2D eigenvalue weighted by Gasteiger charge is -2.20. The Labute approximate surface area is 70.0 Å². The van der Waals surface area contributed by atoms with E-state index in [1.807, 2.05) is 0 Å². The summed E-state index contributed by atoms with van der Waals surface area (Å²) >= 11 is 0. The molecule has 0 aliphatic heterocycles. The molecule has 0 aromatic heterocycles. The molecule has 68 valence electrons. The Morgan fingerprint density at radius 3 is 1.82 bits per heavy atom. The van der Waals surface area contributed by atoms with Gasteiger partial charge in [-0.25, -0.2) is 0 Å². The molecule has 0 saturated heterocycles. The molecule has 11 heavy (non-hydrogen) atoms. The van der Waals surface area contributed by atoms with Gasteiger partial charge in [-0.2, -0.15) is 0 Å². The van der Waals surface area contributed by atoms with E-state index in [1.165, 1.54) is 0 Å². The molecular formula is C7H17O3P. The van der Waals surface area contributed by atoms with Gasteiger partial charge in [0.2, 0.25) is 0 Å². The highest BCUT2D eigenvalue weighted by molar-refractivity contribution is 7.41. The first kappa shape index (κ1) is 11.3. The molecule has 0 heterocycles. The van der Waals surface area contributed by atoms with E-state index in [4.69, 9.17) is 13.6 Å². The molecular weight excluding hydrogens is 163 g/mol. The first-order chi connectivity index (χ1) is 4.99. The Kier molecular flexibility index (Phi) is 5.19. The largest absolute Gasteiger partial charge is 0.332 e. The van der Waals surface area contributed by atoms with Gasteiger partial charge in [-0.1, -0.05) is 20.8 Å². The third-order valence-corrected chi connectivity index (χ3v) is 1.84. The van der Waals surface area contributed by atoms with Crippen molar-refractivity contribution in [1.82, 2.24) is 0 Å². The molecule has 0 atom stereocenters. The summed E-state index contributed by atoms with van der Waals surface area (Å²) in [6.07, 6.45) is 0. The molecule has 0 saturated carbocycles. The van der Waals surface area contributed by atoms with Crippen LogP contribution in [0.4, 0.5) is 0 Å². The van der Waals surface area contributed by atoms with Crippen molar-refractivity contribution < 1.29 is 13.6 Å². The summed E-state index contributed by atoms with van der Waals surface area (Å²) < 4.78 is 15.2. The van der Waals surface area contributed by atoms with Gasteiger partial charge in [-0.15, -0.1) is 0 Å². The molecule has 0 rings (SSSR count). The van der Waals surface area contributed by atoms with E-state index in [9.17, 15) is 0 Å². The minimum absolute atomic E-state index is 0.164. The van der Waals surface area contributed by atoms with Crippen molar-refractivity contribution in [2.24, 2.45) is 5.41 Å². The third kappa shape index (κ3) is 6.70. The normalized spacial score (nSPS) is 12.5. The van der Waals surface area contributed by atoms with Crippen LogP contribution in [0.25, 0.3) is 0 Å². The summed E-state index contributed by atoms with van der Waals surface area (Å²) in [6, 6.07) is 0. The lowest BCUT2D eigenvalue weighted by atomic mass is 9.99. The molecule has 0 radical (unpaired) electrons. The van der Waals surface area contributed by atoms with E-state index in [0.29, 0.717) is 6.61 Å². The van der Waals surface area contributed by atoms with Crippen molar-refractivity contribution in [1.29, 1.82) is 0 Å². The fourth-order valence-electron chi connectivity index (χ4n) is 0.426. The van der Waals surface area contributed by atoms with Crippen molar-refractivity contribution >= 4 is 8.60 Å². The zero-order valence-corrected chi connectivity index (χ0v) is 8.77. The molecule has 4 heteroatoms. The monoisotopic (exact) mass is 180 g/mol. The van der Waals surface area contributed by atoms with Gasteiger partial charge in [0, 0.05) is 14.2 Å². The highest BCUT2D eigenvalue weighted by Gasteiger charge is 2.15. The molecule has 0 amide bonds. The second-order valence-corrected chi connectivity index (χ2v) is 4.86. The van der Waals surface area contributed by atoms with Gasteiger partial charge in [0.1, 0.15) is 0 Å². The first-order valence-electron chi connectivity index (χ1n) is 3.51. The fraction of sp³-hybridized carbons (Fsp3) is 1.00. The summed E-state index contributed by atoms with van der Waals surface area (Å²) in [5.74, 6) is 0. The molecule has 0 unspecified atom stereocenters. The van der Waals surface area contributed by atoms with Crippen LogP contribution in [0.3, 0.4) is 0 Å². The van der Waals surface area contributed by atoms with Gasteiger partial charge >= 0.3 is 8.60 Å². The quantitative estimate of drug-likeness (QED) is 0.622. The van der Waals surface area contributed by atoms with E-state index >= 15 is 0 Å². The zero-order chi connectivity index (χ0) is 8.91. The highest BCUT2D eigenvalue weighted by Crippen LogP contribution is 2.38. The summed E-state index contributed by atoms with van der Waals surface area (Å²) in [6.45, 7) is 6.96. The second-order valence-electron chi connectivity index (χ2n) is 3.42. The average Bonchev–Trinajstić information content (AvgIpc) is 1.88. The lowest BCUT2D eigenvalue weighted by Crippen LogP contribution is -2.13. The minimum atomic E-state index is -1.12. The Bertz CT molecular complexity index is 96.3. The smallest absolute Gasteiger partial charge is 0.316 e. The predicted octanol–water partition coefficient (Wildman–Crippen LogP) is 2.57. The van der Waals surface area contributed by atoms with E-state index in [0.717, 1.165) is 0 Å². The lowest BCUT2D eigenvalue weighted by molar-refractivity contribution is 0.149. The van der Waals surface area contributed by atoms with Gasteiger partial charge < -0.3 is 13.6 Å². The van der Waals surface area contributed by atoms with Crippen LogP contribution in [-0.2, 0) is 13.6 Å². The van der Waals surface area contributed by atoms with Crippen LogP contribution in [0.5, 0.6) is 0 Å². The van der Waals surface area contributed by atoms with Crippen molar-refractivity contribution in [2.75, 3.05) is 20.8 Å². The number of hydrogen-bond acceptors (Lipinski definition) is 3. The second kappa shape index (κ2) is 5.04. The number of hydrogen-bond donors (Lipinski definition) is 0. The molecule has 3 nitrogen and oxygen atoms in total. The third-order valence-electron chi connectivity index (χ3n) is 0.901. The van der Waals surface area contributed by atoms with E-state index in [-0.39, 0.29) is 5.41 Å². The van der Waals surface area contributed by atoms with Crippen LogP contribution in [0.2, 0.25) is 0 Å². The van der Waals surface area contributed by atoms with Gasteiger partial charge in [-0.3, -0.25) is 0 Å². The Morgan fingerprint density at radius 1 is 1.09 bits per heavy atom. The maximum Gasteiger partial charge on any atom is 0.332 e. The van der Waals surface area contributed by atoms with Gasteiger partial charge in [-0.05, 0) is 5.41 Å². The van der Waals surface area contributed by atoms with Crippen LogP contribution < -0.4 is 0 Å². The molecule has 0 aliphatic carbocycles. The van der Waals surface area contributed by atoms with Crippen LogP contribution >= 0.6 is 8.60 Å². The first-order valence-corrected chi connectivity index (χ1v) is 4.60. The topological polar surface area (TPSA) is 27.7 Å². The maximum atomic E-state index is 5.33. The molecule has 0 fully saturated rings. The SMILES string of the molecule is COP(OC)OCC(C)(C)C. The summed E-state index contributed by atoms with van der Waals surface area (Å²) in [4.78, 5) is 0.